The molecule has 1 aromatic carbocycles. The zero-order valence-corrected chi connectivity index (χ0v) is 18.3. The number of amides is 1. The zero-order valence-electron chi connectivity index (χ0n) is 15.1. The second-order valence-electron chi connectivity index (χ2n) is 5.50. The lowest BCUT2D eigenvalue weighted by Gasteiger charge is -2.11. The molecule has 1 amide bonds. The largest absolute Gasteiger partial charge is 0.357 e. The number of thiazole rings is 1. The molecule has 8 heteroatoms. The molecule has 0 spiro atoms. The number of nitrogens with zero attached hydrogens (tertiary/aromatic N) is 2. The summed E-state index contributed by atoms with van der Waals surface area (Å²) in [6.07, 6.45) is 2.25. The molecule has 0 bridgehead atoms. The van der Waals surface area contributed by atoms with Crippen molar-refractivity contribution in [1.29, 1.82) is 0 Å². The van der Waals surface area contributed by atoms with Crippen LogP contribution in [0, 0.1) is 6.92 Å². The Kier molecular flexibility index (Phi) is 10.9. The van der Waals surface area contributed by atoms with Gasteiger partial charge in [0.05, 0.1) is 6.54 Å². The van der Waals surface area contributed by atoms with E-state index >= 15 is 0 Å². The average molecular weight is 487 g/mol. The van der Waals surface area contributed by atoms with Gasteiger partial charge in [0, 0.05) is 37.1 Å². The second-order valence-corrected chi connectivity index (χ2v) is 6.82. The number of aromatic nitrogens is 1. The molecule has 6 nitrogen and oxygen atoms in total. The van der Waals surface area contributed by atoms with Crippen LogP contribution in [0.4, 0.5) is 0 Å². The summed E-state index contributed by atoms with van der Waals surface area (Å²) in [6.45, 7) is 6.43. The predicted molar refractivity (Wildman–Crippen MR) is 118 cm³/mol. The molecule has 2 rings (SSSR count). The number of rotatable bonds is 8. The van der Waals surface area contributed by atoms with E-state index in [1.165, 1.54) is 4.88 Å². The van der Waals surface area contributed by atoms with Crippen LogP contribution in [0.15, 0.2) is 41.5 Å². The third-order valence-corrected chi connectivity index (χ3v) is 4.26. The number of benzene rings is 1. The van der Waals surface area contributed by atoms with Gasteiger partial charge in [-0.05, 0) is 19.4 Å². The third-order valence-electron chi connectivity index (χ3n) is 3.36. The Morgan fingerprint density at radius 3 is 2.62 bits per heavy atom. The van der Waals surface area contributed by atoms with Crippen molar-refractivity contribution in [1.82, 2.24) is 20.9 Å². The monoisotopic (exact) mass is 487 g/mol. The molecule has 0 saturated carbocycles. The van der Waals surface area contributed by atoms with Crippen LogP contribution >= 0.6 is 35.3 Å². The molecule has 0 saturated heterocycles. The van der Waals surface area contributed by atoms with E-state index < -0.39 is 0 Å². The number of guanidine groups is 1. The van der Waals surface area contributed by atoms with E-state index in [2.05, 4.69) is 25.9 Å². The molecule has 0 fully saturated rings. The summed E-state index contributed by atoms with van der Waals surface area (Å²) in [6, 6.07) is 9.88. The SMILES string of the molecule is CCNC(=NCc1ncc(C)s1)NCCC(=O)NCc1ccccc1.I. The summed E-state index contributed by atoms with van der Waals surface area (Å²) < 4.78 is 0. The molecule has 0 aliphatic carbocycles. The maximum atomic E-state index is 11.9. The van der Waals surface area contributed by atoms with Crippen molar-refractivity contribution in [3.05, 3.63) is 52.0 Å². The van der Waals surface area contributed by atoms with Crippen molar-refractivity contribution in [3.63, 3.8) is 0 Å². The highest BCUT2D eigenvalue weighted by atomic mass is 127. The number of carbonyl (C=O) groups is 1. The Labute approximate surface area is 175 Å². The van der Waals surface area contributed by atoms with Crippen molar-refractivity contribution in [2.75, 3.05) is 13.1 Å². The first-order valence-corrected chi connectivity index (χ1v) is 9.23. The maximum absolute atomic E-state index is 11.9. The lowest BCUT2D eigenvalue weighted by atomic mass is 10.2. The number of halogens is 1. The zero-order chi connectivity index (χ0) is 17.9. The van der Waals surface area contributed by atoms with Gasteiger partial charge >= 0.3 is 0 Å². The standard InChI is InChI=1S/C18H25N5OS.HI/c1-3-19-18(23-13-17-22-11-14(2)25-17)20-10-9-16(24)21-12-15-7-5-4-6-8-15;/h4-8,11H,3,9-10,12-13H2,1-2H3,(H,21,24)(H2,19,20,23);1H. The number of aryl methyl sites for hydroxylation is 1. The molecule has 142 valence electrons. The van der Waals surface area contributed by atoms with Crippen LogP contribution in [0.3, 0.4) is 0 Å². The molecule has 0 atom stereocenters. The highest BCUT2D eigenvalue weighted by molar-refractivity contribution is 14.0. The average Bonchev–Trinajstić information content (AvgIpc) is 3.04. The smallest absolute Gasteiger partial charge is 0.222 e. The van der Waals surface area contributed by atoms with Crippen molar-refractivity contribution in [3.8, 4) is 0 Å². The van der Waals surface area contributed by atoms with Crippen LogP contribution in [-0.2, 0) is 17.9 Å². The van der Waals surface area contributed by atoms with E-state index in [0.29, 0.717) is 32.0 Å². The van der Waals surface area contributed by atoms with E-state index in [0.717, 1.165) is 17.1 Å². The maximum Gasteiger partial charge on any atom is 0.222 e. The molecule has 3 N–H and O–H groups in total. The van der Waals surface area contributed by atoms with Gasteiger partial charge in [-0.3, -0.25) is 4.79 Å². The Bertz CT molecular complexity index is 690. The second kappa shape index (κ2) is 12.6. The van der Waals surface area contributed by atoms with E-state index in [4.69, 9.17) is 0 Å². The lowest BCUT2D eigenvalue weighted by molar-refractivity contribution is -0.121. The summed E-state index contributed by atoms with van der Waals surface area (Å²) in [5, 5.41) is 10.3. The molecule has 1 aromatic heterocycles. The number of hydrogen-bond acceptors (Lipinski definition) is 4. The van der Waals surface area contributed by atoms with Gasteiger partial charge in [0.2, 0.25) is 5.91 Å². The van der Waals surface area contributed by atoms with Gasteiger partial charge in [0.15, 0.2) is 5.96 Å². The Morgan fingerprint density at radius 2 is 1.96 bits per heavy atom. The molecule has 0 radical (unpaired) electrons. The minimum Gasteiger partial charge on any atom is -0.357 e. The van der Waals surface area contributed by atoms with Gasteiger partial charge in [-0.2, -0.15) is 0 Å². The van der Waals surface area contributed by atoms with Crippen LogP contribution in [0.2, 0.25) is 0 Å². The number of aliphatic imine (C=N–C) groups is 1. The molecular formula is C18H26IN5OS. The van der Waals surface area contributed by atoms with Crippen LogP contribution in [0.1, 0.15) is 28.8 Å². The molecule has 0 aliphatic rings. The van der Waals surface area contributed by atoms with Crippen molar-refractivity contribution >= 4 is 47.2 Å². The van der Waals surface area contributed by atoms with E-state index in [1.54, 1.807) is 11.3 Å². The molecule has 1 heterocycles. The van der Waals surface area contributed by atoms with Gasteiger partial charge in [-0.15, -0.1) is 35.3 Å². The summed E-state index contributed by atoms with van der Waals surface area (Å²) in [4.78, 5) is 21.9. The first-order valence-electron chi connectivity index (χ1n) is 8.41. The predicted octanol–water partition coefficient (Wildman–Crippen LogP) is 2.83. The van der Waals surface area contributed by atoms with E-state index in [-0.39, 0.29) is 29.9 Å². The minimum atomic E-state index is 0. The summed E-state index contributed by atoms with van der Waals surface area (Å²) in [5.74, 6) is 0.717. The number of nitrogens with one attached hydrogen (secondary N) is 3. The fourth-order valence-corrected chi connectivity index (χ4v) is 2.85. The van der Waals surface area contributed by atoms with Gasteiger partial charge in [0.1, 0.15) is 5.01 Å². The summed E-state index contributed by atoms with van der Waals surface area (Å²) in [7, 11) is 0. The van der Waals surface area contributed by atoms with Crippen LogP contribution < -0.4 is 16.0 Å². The summed E-state index contributed by atoms with van der Waals surface area (Å²) >= 11 is 1.64. The third kappa shape index (κ3) is 8.61. The molecule has 0 unspecified atom stereocenters. The molecule has 0 aliphatic heterocycles. The normalized spacial score (nSPS) is 10.8. The fraction of sp³-hybridized carbons (Fsp3) is 0.389. The number of carbonyl (C=O) groups excluding carboxylic acids is 1. The fourth-order valence-electron chi connectivity index (χ4n) is 2.14. The molecular weight excluding hydrogens is 461 g/mol. The van der Waals surface area contributed by atoms with E-state index in [1.807, 2.05) is 50.4 Å². The first kappa shape index (κ1) is 22.4. The quantitative estimate of drug-likeness (QED) is 0.304. The van der Waals surface area contributed by atoms with Gasteiger partial charge in [0.25, 0.3) is 0 Å². The molecule has 2 aromatic rings. The minimum absolute atomic E-state index is 0. The Morgan fingerprint density at radius 1 is 1.19 bits per heavy atom. The first-order chi connectivity index (χ1) is 12.2. The van der Waals surface area contributed by atoms with Gasteiger partial charge in [-0.25, -0.2) is 9.98 Å². The lowest BCUT2D eigenvalue weighted by Crippen LogP contribution is -2.39. The van der Waals surface area contributed by atoms with E-state index in [9.17, 15) is 4.79 Å². The summed E-state index contributed by atoms with van der Waals surface area (Å²) in [5.41, 5.74) is 1.09. The number of hydrogen-bond donors (Lipinski definition) is 3. The Hall–Kier alpha value is -1.68. The Balaban J connectivity index is 0.00000338. The van der Waals surface area contributed by atoms with Crippen molar-refractivity contribution in [2.24, 2.45) is 4.99 Å². The topological polar surface area (TPSA) is 78.4 Å². The van der Waals surface area contributed by atoms with Crippen LogP contribution in [-0.4, -0.2) is 29.9 Å². The van der Waals surface area contributed by atoms with Gasteiger partial charge in [-0.1, -0.05) is 30.3 Å². The van der Waals surface area contributed by atoms with Crippen LogP contribution in [0.25, 0.3) is 0 Å². The molecule has 26 heavy (non-hydrogen) atoms. The van der Waals surface area contributed by atoms with Crippen LogP contribution in [0.5, 0.6) is 0 Å². The van der Waals surface area contributed by atoms with Crippen molar-refractivity contribution in [2.45, 2.75) is 33.4 Å². The highest BCUT2D eigenvalue weighted by Crippen LogP contribution is 2.11. The van der Waals surface area contributed by atoms with Crippen molar-refractivity contribution < 1.29 is 4.79 Å². The van der Waals surface area contributed by atoms with Gasteiger partial charge < -0.3 is 16.0 Å². The highest BCUT2D eigenvalue weighted by Gasteiger charge is 2.04.